The van der Waals surface area contributed by atoms with Crippen LogP contribution in [0, 0.1) is 6.92 Å². The Balaban J connectivity index is 1.11. The predicted octanol–water partition coefficient (Wildman–Crippen LogP) is 7.22. The van der Waals surface area contributed by atoms with Gasteiger partial charge in [0, 0.05) is 23.6 Å². The number of hydrogen-bond acceptors (Lipinski definition) is 7. The van der Waals surface area contributed by atoms with Gasteiger partial charge in [-0.25, -0.2) is 4.98 Å². The van der Waals surface area contributed by atoms with Crippen molar-refractivity contribution in [3.63, 3.8) is 0 Å². The van der Waals surface area contributed by atoms with Crippen LogP contribution < -0.4 is 5.32 Å². The molecule has 4 aromatic carbocycles. The number of aliphatic hydroxyl groups is 1. The highest BCUT2D eigenvalue weighted by Gasteiger charge is 2.32. The van der Waals surface area contributed by atoms with E-state index in [1.807, 2.05) is 36.4 Å². The summed E-state index contributed by atoms with van der Waals surface area (Å²) in [5.74, 6) is -0.174. The van der Waals surface area contributed by atoms with Gasteiger partial charge < -0.3 is 24.6 Å². The zero-order chi connectivity index (χ0) is 30.8. The molecule has 2 atom stereocenters. The Hall–Kier alpha value is -4.34. The Kier molecular flexibility index (Phi) is 8.45. The van der Waals surface area contributed by atoms with Crippen LogP contribution in [0.15, 0.2) is 96.8 Å². The van der Waals surface area contributed by atoms with E-state index in [0.29, 0.717) is 18.7 Å². The highest BCUT2D eigenvalue weighted by atomic mass is 32.1. The Labute approximate surface area is 266 Å². The highest BCUT2D eigenvalue weighted by molar-refractivity contribution is 7.21. The predicted molar refractivity (Wildman–Crippen MR) is 177 cm³/mol. The molecule has 1 aliphatic carbocycles. The molecule has 228 valence electrons. The standard InChI is InChI=1S/C37H34N2O5S/c1-23-9-14-32-34(19-23)45-37(39-32)24-10-12-27(13-11-24)38-36(41)33-21-26(22-35(44-33)43-18-17-42-16-15-40)29-7-4-8-30-28-6-3-2-5-25(28)20-31(29)30/h2-14,19,21,26,35,40H,15-18,20,22H2,1H3,(H,38,41)/t26-,35+/m1/s1. The number of anilines is 1. The second-order valence-corrected chi connectivity index (χ2v) is 12.4. The minimum atomic E-state index is -0.622. The first-order chi connectivity index (χ1) is 22.1. The van der Waals surface area contributed by atoms with E-state index in [4.69, 9.17) is 24.3 Å². The maximum absolute atomic E-state index is 13.6. The third-order valence-electron chi connectivity index (χ3n) is 8.27. The van der Waals surface area contributed by atoms with Crippen molar-refractivity contribution in [2.24, 2.45) is 0 Å². The summed E-state index contributed by atoms with van der Waals surface area (Å²) in [6, 6.07) is 28.9. The van der Waals surface area contributed by atoms with Crippen LogP contribution >= 0.6 is 11.3 Å². The fourth-order valence-electron chi connectivity index (χ4n) is 6.11. The summed E-state index contributed by atoms with van der Waals surface area (Å²) < 4.78 is 18.7. The molecule has 2 heterocycles. The average molecular weight is 619 g/mol. The molecule has 1 aromatic heterocycles. The molecule has 7 rings (SSSR count). The number of amides is 1. The maximum atomic E-state index is 13.6. The molecule has 2 aliphatic rings. The summed E-state index contributed by atoms with van der Waals surface area (Å²) >= 11 is 1.66. The molecule has 1 aliphatic heterocycles. The third kappa shape index (κ3) is 6.28. The van der Waals surface area contributed by atoms with Crippen molar-refractivity contribution >= 4 is 33.1 Å². The molecule has 8 heteroatoms. The molecule has 0 unspecified atom stereocenters. The number of allylic oxidation sites excluding steroid dienone is 1. The molecule has 1 amide bonds. The van der Waals surface area contributed by atoms with Crippen LogP contribution in [0.3, 0.4) is 0 Å². The van der Waals surface area contributed by atoms with E-state index < -0.39 is 6.29 Å². The molecule has 0 radical (unpaired) electrons. The molecule has 7 nitrogen and oxygen atoms in total. The lowest BCUT2D eigenvalue weighted by Crippen LogP contribution is -2.30. The van der Waals surface area contributed by atoms with Gasteiger partial charge in [0.25, 0.3) is 5.91 Å². The molecular formula is C37H34N2O5S. The van der Waals surface area contributed by atoms with Gasteiger partial charge in [-0.2, -0.15) is 0 Å². The number of carbonyl (C=O) groups is 1. The summed E-state index contributed by atoms with van der Waals surface area (Å²) in [6.07, 6.45) is 2.73. The first kappa shape index (κ1) is 29.4. The van der Waals surface area contributed by atoms with Crippen molar-refractivity contribution in [1.82, 2.24) is 4.98 Å². The maximum Gasteiger partial charge on any atom is 0.290 e. The topological polar surface area (TPSA) is 89.9 Å². The Morgan fingerprint density at radius 1 is 1.00 bits per heavy atom. The molecular weight excluding hydrogens is 584 g/mol. The quantitative estimate of drug-likeness (QED) is 0.158. The zero-order valence-corrected chi connectivity index (χ0v) is 25.8. The van der Waals surface area contributed by atoms with Crippen molar-refractivity contribution in [3.8, 4) is 21.7 Å². The molecule has 45 heavy (non-hydrogen) atoms. The van der Waals surface area contributed by atoms with Gasteiger partial charge in [-0.05, 0) is 89.2 Å². The number of nitrogens with zero attached hydrogens (tertiary/aromatic N) is 1. The van der Waals surface area contributed by atoms with E-state index in [9.17, 15) is 4.79 Å². The molecule has 2 N–H and O–H groups in total. The number of thiazole rings is 1. The first-order valence-electron chi connectivity index (χ1n) is 15.2. The Morgan fingerprint density at radius 3 is 2.71 bits per heavy atom. The number of carbonyl (C=O) groups excluding carboxylic acids is 1. The zero-order valence-electron chi connectivity index (χ0n) is 25.0. The number of nitrogens with one attached hydrogen (secondary N) is 1. The SMILES string of the molecule is Cc1ccc2nc(-c3ccc(NC(=O)C4=C[C@@H](c5cccc6c5Cc5ccccc5-6)C[C@@H](OCCOCCO)O4)cc3)sc2c1. The van der Waals surface area contributed by atoms with E-state index in [1.165, 1.54) is 33.4 Å². The van der Waals surface area contributed by atoms with Crippen LogP contribution in [-0.4, -0.2) is 48.7 Å². The first-order valence-corrected chi connectivity index (χ1v) is 16.0. The van der Waals surface area contributed by atoms with Gasteiger partial charge >= 0.3 is 0 Å². The summed E-state index contributed by atoms with van der Waals surface area (Å²) in [5.41, 5.74) is 10.1. The second kappa shape index (κ2) is 12.9. The number of hydrogen-bond donors (Lipinski definition) is 2. The van der Waals surface area contributed by atoms with Gasteiger partial charge in [0.2, 0.25) is 6.29 Å². The van der Waals surface area contributed by atoms with Gasteiger partial charge in [0.05, 0.1) is 36.6 Å². The molecule has 5 aromatic rings. The van der Waals surface area contributed by atoms with Crippen molar-refractivity contribution in [2.75, 3.05) is 31.7 Å². The van der Waals surface area contributed by atoms with Crippen molar-refractivity contribution in [1.29, 1.82) is 0 Å². The summed E-state index contributed by atoms with van der Waals surface area (Å²) in [5, 5.41) is 13.0. The van der Waals surface area contributed by atoms with E-state index in [2.05, 4.69) is 66.8 Å². The van der Waals surface area contributed by atoms with Crippen LogP contribution in [0.5, 0.6) is 0 Å². The van der Waals surface area contributed by atoms with Crippen molar-refractivity contribution < 1.29 is 24.1 Å². The molecule has 0 fully saturated rings. The number of rotatable bonds is 10. The van der Waals surface area contributed by atoms with E-state index >= 15 is 0 Å². The van der Waals surface area contributed by atoms with E-state index in [0.717, 1.165) is 27.2 Å². The average Bonchev–Trinajstić information content (AvgIpc) is 3.66. The Bertz CT molecular complexity index is 1880. The Morgan fingerprint density at radius 2 is 1.84 bits per heavy atom. The summed E-state index contributed by atoms with van der Waals surface area (Å²) in [4.78, 5) is 18.4. The van der Waals surface area contributed by atoms with Crippen LogP contribution in [-0.2, 0) is 25.4 Å². The smallest absolute Gasteiger partial charge is 0.290 e. The number of aromatic nitrogens is 1. The fourth-order valence-corrected chi connectivity index (χ4v) is 7.18. The number of ether oxygens (including phenoxy) is 3. The number of benzene rings is 4. The minimum absolute atomic E-state index is 0.0438. The normalized spacial score (nSPS) is 17.0. The lowest BCUT2D eigenvalue weighted by Gasteiger charge is -2.30. The minimum Gasteiger partial charge on any atom is -0.459 e. The van der Waals surface area contributed by atoms with Crippen LogP contribution in [0.4, 0.5) is 5.69 Å². The molecule has 0 spiro atoms. The lowest BCUT2D eigenvalue weighted by atomic mass is 9.87. The van der Waals surface area contributed by atoms with Gasteiger partial charge in [-0.1, -0.05) is 48.5 Å². The monoisotopic (exact) mass is 618 g/mol. The molecule has 0 bridgehead atoms. The van der Waals surface area contributed by atoms with Gasteiger partial charge in [-0.3, -0.25) is 4.79 Å². The molecule has 0 saturated heterocycles. The third-order valence-corrected chi connectivity index (χ3v) is 9.34. The van der Waals surface area contributed by atoms with Gasteiger partial charge in [0.1, 0.15) is 5.01 Å². The second-order valence-electron chi connectivity index (χ2n) is 11.4. The number of fused-ring (bicyclic) bond motifs is 4. The van der Waals surface area contributed by atoms with Crippen LogP contribution in [0.25, 0.3) is 31.9 Å². The van der Waals surface area contributed by atoms with Crippen molar-refractivity contribution in [3.05, 3.63) is 119 Å². The van der Waals surface area contributed by atoms with Crippen LogP contribution in [0.2, 0.25) is 0 Å². The number of aryl methyl sites for hydroxylation is 1. The van der Waals surface area contributed by atoms with Gasteiger partial charge in [-0.15, -0.1) is 11.3 Å². The highest BCUT2D eigenvalue weighted by Crippen LogP contribution is 2.43. The van der Waals surface area contributed by atoms with Gasteiger partial charge in [0.15, 0.2) is 5.76 Å². The largest absolute Gasteiger partial charge is 0.459 e. The fraction of sp³-hybridized carbons (Fsp3) is 0.243. The lowest BCUT2D eigenvalue weighted by molar-refractivity contribution is -0.148. The van der Waals surface area contributed by atoms with Crippen LogP contribution in [0.1, 0.15) is 34.6 Å². The van der Waals surface area contributed by atoms with E-state index in [1.54, 1.807) is 11.3 Å². The molecule has 0 saturated carbocycles. The van der Waals surface area contributed by atoms with E-state index in [-0.39, 0.29) is 37.4 Å². The summed E-state index contributed by atoms with van der Waals surface area (Å²) in [7, 11) is 0. The summed E-state index contributed by atoms with van der Waals surface area (Å²) in [6.45, 7) is 2.90. The van der Waals surface area contributed by atoms with Crippen molar-refractivity contribution in [2.45, 2.75) is 32.0 Å². The number of aliphatic hydroxyl groups excluding tert-OH is 1.